The smallest absolute Gasteiger partial charge is 0.364 e. The van der Waals surface area contributed by atoms with Gasteiger partial charge in [-0.1, -0.05) is 13.8 Å². The van der Waals surface area contributed by atoms with Crippen LogP contribution in [0, 0.1) is 5.92 Å². The molecule has 0 bridgehead atoms. The Morgan fingerprint density at radius 3 is 1.71 bits per heavy atom. The zero-order chi connectivity index (χ0) is 11.5. The van der Waals surface area contributed by atoms with Crippen molar-refractivity contribution in [2.24, 2.45) is 11.7 Å². The van der Waals surface area contributed by atoms with Crippen LogP contribution < -0.4 is 5.73 Å². The maximum Gasteiger partial charge on any atom is 0.416 e. The van der Waals surface area contributed by atoms with E-state index in [2.05, 4.69) is 0 Å². The van der Waals surface area contributed by atoms with Crippen LogP contribution in [0.1, 0.15) is 27.7 Å². The Labute approximate surface area is 82.6 Å². The second-order valence-corrected chi connectivity index (χ2v) is 3.91. The van der Waals surface area contributed by atoms with E-state index in [0.717, 1.165) is 0 Å². The highest BCUT2D eigenvalue weighted by Crippen LogP contribution is 2.26. The third-order valence-electron chi connectivity index (χ3n) is 2.10. The molecule has 0 aliphatic rings. The number of halogens is 3. The molecule has 2 N–H and O–H groups in total. The maximum atomic E-state index is 12.4. The first kappa shape index (κ1) is 13.7. The molecule has 14 heavy (non-hydrogen) atoms. The second kappa shape index (κ2) is 4.98. The van der Waals surface area contributed by atoms with Gasteiger partial charge in [-0.15, -0.1) is 0 Å². The van der Waals surface area contributed by atoms with E-state index < -0.39 is 24.4 Å². The molecule has 3 unspecified atom stereocenters. The summed E-state index contributed by atoms with van der Waals surface area (Å²) in [5.41, 5.74) is 5.23. The Bertz CT molecular complexity index is 168. The van der Waals surface area contributed by atoms with Gasteiger partial charge in [0.25, 0.3) is 0 Å². The number of ether oxygens (including phenoxy) is 1. The Kier molecular flexibility index (Phi) is 4.88. The molecule has 0 fully saturated rings. The fourth-order valence-electron chi connectivity index (χ4n) is 0.888. The third kappa shape index (κ3) is 4.28. The Morgan fingerprint density at radius 2 is 1.50 bits per heavy atom. The highest BCUT2D eigenvalue weighted by atomic mass is 19.4. The van der Waals surface area contributed by atoms with E-state index in [1.54, 1.807) is 20.8 Å². The SMILES string of the molecule is CC(C)C(C)OC(C(C)N)C(F)(F)F. The minimum Gasteiger partial charge on any atom is -0.364 e. The highest BCUT2D eigenvalue weighted by molar-refractivity contribution is 4.78. The molecule has 0 aliphatic heterocycles. The summed E-state index contributed by atoms with van der Waals surface area (Å²) in [5, 5.41) is 0. The minimum absolute atomic E-state index is 0.0404. The van der Waals surface area contributed by atoms with Crippen molar-refractivity contribution < 1.29 is 17.9 Å². The monoisotopic (exact) mass is 213 g/mol. The largest absolute Gasteiger partial charge is 0.416 e. The second-order valence-electron chi connectivity index (χ2n) is 3.91. The van der Waals surface area contributed by atoms with Crippen LogP contribution in [0.2, 0.25) is 0 Å². The maximum absolute atomic E-state index is 12.4. The van der Waals surface area contributed by atoms with Crippen molar-refractivity contribution in [1.29, 1.82) is 0 Å². The lowest BCUT2D eigenvalue weighted by atomic mass is 10.1. The predicted octanol–water partition coefficient (Wildman–Crippen LogP) is 2.33. The minimum atomic E-state index is -4.39. The van der Waals surface area contributed by atoms with Crippen molar-refractivity contribution in [3.05, 3.63) is 0 Å². The Morgan fingerprint density at radius 1 is 1.07 bits per heavy atom. The van der Waals surface area contributed by atoms with Crippen LogP contribution in [-0.2, 0) is 4.74 Å². The average Bonchev–Trinajstić information content (AvgIpc) is 1.96. The summed E-state index contributed by atoms with van der Waals surface area (Å²) in [6.45, 7) is 6.52. The number of alkyl halides is 3. The van der Waals surface area contributed by atoms with E-state index in [-0.39, 0.29) is 5.92 Å². The Balaban J connectivity index is 4.40. The molecule has 0 aromatic carbocycles. The van der Waals surface area contributed by atoms with Gasteiger partial charge < -0.3 is 10.5 Å². The first-order valence-electron chi connectivity index (χ1n) is 4.64. The molecule has 5 heteroatoms. The standard InChI is InChI=1S/C9H18F3NO/c1-5(2)7(4)14-8(6(3)13)9(10,11)12/h5-8H,13H2,1-4H3. The molecular weight excluding hydrogens is 195 g/mol. The molecular formula is C9H18F3NO. The lowest BCUT2D eigenvalue weighted by Crippen LogP contribution is -2.47. The summed E-state index contributed by atoms with van der Waals surface area (Å²) < 4.78 is 42.1. The molecule has 0 aromatic heterocycles. The van der Waals surface area contributed by atoms with Gasteiger partial charge in [0, 0.05) is 6.04 Å². The fraction of sp³-hybridized carbons (Fsp3) is 1.00. The number of hydrogen-bond acceptors (Lipinski definition) is 2. The zero-order valence-corrected chi connectivity index (χ0v) is 8.93. The van der Waals surface area contributed by atoms with Gasteiger partial charge in [-0.3, -0.25) is 0 Å². The van der Waals surface area contributed by atoms with Crippen molar-refractivity contribution in [1.82, 2.24) is 0 Å². The van der Waals surface area contributed by atoms with Gasteiger partial charge in [0.15, 0.2) is 6.10 Å². The van der Waals surface area contributed by atoms with E-state index >= 15 is 0 Å². The van der Waals surface area contributed by atoms with E-state index in [1.807, 2.05) is 0 Å². The lowest BCUT2D eigenvalue weighted by molar-refractivity contribution is -0.239. The molecule has 0 radical (unpaired) electrons. The zero-order valence-electron chi connectivity index (χ0n) is 8.93. The third-order valence-corrected chi connectivity index (χ3v) is 2.10. The van der Waals surface area contributed by atoms with Crippen LogP contribution in [0.5, 0.6) is 0 Å². The molecule has 86 valence electrons. The first-order chi connectivity index (χ1) is 6.16. The summed E-state index contributed by atoms with van der Waals surface area (Å²) in [4.78, 5) is 0. The Hall–Kier alpha value is -0.290. The topological polar surface area (TPSA) is 35.2 Å². The number of rotatable bonds is 4. The normalized spacial score (nSPS) is 19.5. The molecule has 0 aliphatic carbocycles. The molecule has 2 nitrogen and oxygen atoms in total. The van der Waals surface area contributed by atoms with Crippen LogP contribution in [-0.4, -0.2) is 24.4 Å². The highest BCUT2D eigenvalue weighted by Gasteiger charge is 2.44. The van der Waals surface area contributed by atoms with Crippen LogP contribution in [0.4, 0.5) is 13.2 Å². The van der Waals surface area contributed by atoms with Gasteiger partial charge in [-0.2, -0.15) is 13.2 Å². The van der Waals surface area contributed by atoms with Crippen molar-refractivity contribution in [2.75, 3.05) is 0 Å². The van der Waals surface area contributed by atoms with Crippen molar-refractivity contribution >= 4 is 0 Å². The predicted molar refractivity (Wildman–Crippen MR) is 48.9 cm³/mol. The van der Waals surface area contributed by atoms with Crippen molar-refractivity contribution in [2.45, 2.75) is 52.1 Å². The van der Waals surface area contributed by atoms with Gasteiger partial charge in [0.2, 0.25) is 0 Å². The van der Waals surface area contributed by atoms with Gasteiger partial charge in [0.1, 0.15) is 0 Å². The molecule has 3 atom stereocenters. The molecule has 0 spiro atoms. The first-order valence-corrected chi connectivity index (χ1v) is 4.64. The van der Waals surface area contributed by atoms with Gasteiger partial charge in [-0.05, 0) is 19.8 Å². The van der Waals surface area contributed by atoms with E-state index in [0.29, 0.717) is 0 Å². The van der Waals surface area contributed by atoms with E-state index in [4.69, 9.17) is 10.5 Å². The van der Waals surface area contributed by atoms with Crippen LogP contribution in [0.3, 0.4) is 0 Å². The van der Waals surface area contributed by atoms with Crippen molar-refractivity contribution in [3.8, 4) is 0 Å². The quantitative estimate of drug-likeness (QED) is 0.777. The summed E-state index contributed by atoms with van der Waals surface area (Å²) in [5.74, 6) is 0.0404. The van der Waals surface area contributed by atoms with E-state index in [1.165, 1.54) is 6.92 Å². The van der Waals surface area contributed by atoms with Gasteiger partial charge >= 0.3 is 6.18 Å². The van der Waals surface area contributed by atoms with Gasteiger partial charge in [0.05, 0.1) is 6.10 Å². The molecule has 0 amide bonds. The number of nitrogens with two attached hydrogens (primary N) is 1. The van der Waals surface area contributed by atoms with Crippen LogP contribution >= 0.6 is 0 Å². The summed E-state index contributed by atoms with van der Waals surface area (Å²) in [7, 11) is 0. The fourth-order valence-corrected chi connectivity index (χ4v) is 0.888. The molecule has 0 aromatic rings. The summed E-state index contributed by atoms with van der Waals surface area (Å²) in [6.07, 6.45) is -6.72. The van der Waals surface area contributed by atoms with Crippen LogP contribution in [0.15, 0.2) is 0 Å². The molecule has 0 saturated carbocycles. The molecule has 0 saturated heterocycles. The van der Waals surface area contributed by atoms with Gasteiger partial charge in [-0.25, -0.2) is 0 Å². The van der Waals surface area contributed by atoms with Crippen LogP contribution in [0.25, 0.3) is 0 Å². The molecule has 0 heterocycles. The van der Waals surface area contributed by atoms with E-state index in [9.17, 15) is 13.2 Å². The average molecular weight is 213 g/mol. The summed E-state index contributed by atoms with van der Waals surface area (Å²) in [6, 6.07) is -1.05. The number of hydrogen-bond donors (Lipinski definition) is 1. The summed E-state index contributed by atoms with van der Waals surface area (Å²) >= 11 is 0. The van der Waals surface area contributed by atoms with Crippen molar-refractivity contribution in [3.63, 3.8) is 0 Å². The lowest BCUT2D eigenvalue weighted by Gasteiger charge is -2.28. The molecule has 0 rings (SSSR count).